The molecule has 1 unspecified atom stereocenters. The lowest BCUT2D eigenvalue weighted by atomic mass is 10.1. The number of piperazine rings is 1. The Morgan fingerprint density at radius 1 is 0.897 bits per heavy atom. The first kappa shape index (κ1) is 19.1. The summed E-state index contributed by atoms with van der Waals surface area (Å²) in [6.45, 7) is 4.34. The van der Waals surface area contributed by atoms with Gasteiger partial charge < -0.3 is 10.0 Å². The van der Waals surface area contributed by atoms with E-state index in [1.54, 1.807) is 36.4 Å². The Labute approximate surface area is 169 Å². The summed E-state index contributed by atoms with van der Waals surface area (Å²) in [7, 11) is 0. The third-order valence-electron chi connectivity index (χ3n) is 5.62. The van der Waals surface area contributed by atoms with Crippen LogP contribution >= 0.6 is 0 Å². The van der Waals surface area contributed by atoms with Gasteiger partial charge in [-0.2, -0.15) is 0 Å². The minimum Gasteiger partial charge on any atom is -0.508 e. The van der Waals surface area contributed by atoms with Gasteiger partial charge >= 0.3 is 0 Å². The number of nitrogens with zero attached hydrogens (tertiary/aromatic N) is 3. The van der Waals surface area contributed by atoms with Crippen molar-refractivity contribution in [2.75, 3.05) is 36.0 Å². The van der Waals surface area contributed by atoms with E-state index in [2.05, 4.69) is 9.80 Å². The molecule has 2 heterocycles. The number of imide groups is 1. The lowest BCUT2D eigenvalue weighted by Crippen LogP contribution is -2.52. The number of aromatic hydroxyl groups is 1. The van der Waals surface area contributed by atoms with Crippen LogP contribution in [0.15, 0.2) is 48.5 Å². The minimum absolute atomic E-state index is 0.0556. The van der Waals surface area contributed by atoms with E-state index >= 15 is 0 Å². The van der Waals surface area contributed by atoms with Gasteiger partial charge in [-0.05, 0) is 55.5 Å². The van der Waals surface area contributed by atoms with Gasteiger partial charge in [0.1, 0.15) is 5.75 Å². The van der Waals surface area contributed by atoms with Gasteiger partial charge in [0.05, 0.1) is 18.2 Å². The number of ketones is 1. The maximum Gasteiger partial charge on any atom is 0.251 e. The van der Waals surface area contributed by atoms with Crippen LogP contribution in [0.4, 0.5) is 11.4 Å². The van der Waals surface area contributed by atoms with E-state index in [-0.39, 0.29) is 29.8 Å². The quantitative estimate of drug-likeness (QED) is 0.633. The van der Waals surface area contributed by atoms with Gasteiger partial charge in [0.2, 0.25) is 5.91 Å². The number of anilines is 2. The van der Waals surface area contributed by atoms with Crippen LogP contribution in [0.2, 0.25) is 0 Å². The zero-order valence-corrected chi connectivity index (χ0v) is 16.2. The van der Waals surface area contributed by atoms with E-state index in [9.17, 15) is 19.5 Å². The number of benzene rings is 2. The van der Waals surface area contributed by atoms with Crippen molar-refractivity contribution in [1.29, 1.82) is 0 Å². The molecule has 4 rings (SSSR count). The summed E-state index contributed by atoms with van der Waals surface area (Å²) in [6.07, 6.45) is 0.173. The number of rotatable bonds is 4. The molecular weight excluding hydrogens is 370 g/mol. The number of phenolic OH excluding ortho intramolecular Hbond substituents is 1. The summed E-state index contributed by atoms with van der Waals surface area (Å²) in [5.74, 6) is -0.237. The van der Waals surface area contributed by atoms with Crippen LogP contribution in [0, 0.1) is 0 Å². The van der Waals surface area contributed by atoms with Crippen LogP contribution in [0.1, 0.15) is 23.7 Å². The molecule has 1 N–H and O–H groups in total. The van der Waals surface area contributed by atoms with Crippen molar-refractivity contribution in [2.45, 2.75) is 19.4 Å². The van der Waals surface area contributed by atoms with Gasteiger partial charge in [0, 0.05) is 37.4 Å². The van der Waals surface area contributed by atoms with Gasteiger partial charge in [-0.25, -0.2) is 4.90 Å². The van der Waals surface area contributed by atoms with Crippen molar-refractivity contribution in [2.24, 2.45) is 0 Å². The Hall–Kier alpha value is -3.19. The fraction of sp³-hybridized carbons (Fsp3) is 0.318. The van der Waals surface area contributed by atoms with E-state index < -0.39 is 6.04 Å². The summed E-state index contributed by atoms with van der Waals surface area (Å²) < 4.78 is 0. The second-order valence-corrected chi connectivity index (χ2v) is 7.43. The van der Waals surface area contributed by atoms with Gasteiger partial charge in [0.15, 0.2) is 5.78 Å². The highest BCUT2D eigenvalue weighted by atomic mass is 16.3. The number of hydrogen-bond donors (Lipinski definition) is 1. The summed E-state index contributed by atoms with van der Waals surface area (Å²) >= 11 is 0. The molecular formula is C22H23N3O4. The maximum absolute atomic E-state index is 13.0. The highest BCUT2D eigenvalue weighted by molar-refractivity contribution is 6.22. The molecule has 7 nitrogen and oxygen atoms in total. The topological polar surface area (TPSA) is 81.2 Å². The van der Waals surface area contributed by atoms with Crippen molar-refractivity contribution in [3.63, 3.8) is 0 Å². The highest BCUT2D eigenvalue weighted by Crippen LogP contribution is 2.28. The molecule has 0 aliphatic carbocycles. The van der Waals surface area contributed by atoms with Gasteiger partial charge in [-0.1, -0.05) is 0 Å². The second kappa shape index (κ2) is 7.67. The van der Waals surface area contributed by atoms with Crippen molar-refractivity contribution >= 4 is 29.0 Å². The number of amides is 2. The van der Waals surface area contributed by atoms with E-state index in [0.29, 0.717) is 24.3 Å². The number of phenols is 1. The predicted octanol–water partition coefficient (Wildman–Crippen LogP) is 2.05. The lowest BCUT2D eigenvalue weighted by Gasteiger charge is -2.38. The molecule has 2 aromatic rings. The molecule has 1 atom stereocenters. The molecule has 2 aliphatic rings. The van der Waals surface area contributed by atoms with E-state index in [1.165, 1.54) is 11.8 Å². The van der Waals surface area contributed by atoms with Gasteiger partial charge in [-0.3, -0.25) is 19.3 Å². The molecule has 0 bridgehead atoms. The first-order valence-electron chi connectivity index (χ1n) is 9.70. The average Bonchev–Trinajstić information content (AvgIpc) is 3.03. The van der Waals surface area contributed by atoms with E-state index in [0.717, 1.165) is 18.8 Å². The Balaban J connectivity index is 1.42. The second-order valence-electron chi connectivity index (χ2n) is 7.43. The molecule has 2 aliphatic heterocycles. The molecule has 2 fully saturated rings. The standard InChI is InChI=1S/C22H23N3O4/c1-15(26)16-2-4-18(5-3-16)25-21(28)14-20(22(25)29)24-12-10-23(11-13-24)17-6-8-19(27)9-7-17/h2-9,20,27H,10-14H2,1H3. The SMILES string of the molecule is CC(=O)c1ccc(N2C(=O)CC(N3CCN(c4ccc(O)cc4)CC3)C2=O)cc1. The van der Waals surface area contributed by atoms with Crippen LogP contribution in [0.25, 0.3) is 0 Å². The van der Waals surface area contributed by atoms with Crippen LogP contribution in [0.3, 0.4) is 0 Å². The summed E-state index contributed by atoms with van der Waals surface area (Å²) in [5, 5.41) is 9.44. The highest BCUT2D eigenvalue weighted by Gasteiger charge is 2.43. The largest absolute Gasteiger partial charge is 0.508 e. The lowest BCUT2D eigenvalue weighted by molar-refractivity contribution is -0.123. The average molecular weight is 393 g/mol. The molecule has 0 saturated carbocycles. The molecule has 2 aromatic carbocycles. The van der Waals surface area contributed by atoms with Gasteiger partial charge in [-0.15, -0.1) is 0 Å². The van der Waals surface area contributed by atoms with Crippen LogP contribution < -0.4 is 9.80 Å². The smallest absolute Gasteiger partial charge is 0.251 e. The van der Waals surface area contributed by atoms with Crippen molar-refractivity contribution in [3.05, 3.63) is 54.1 Å². The van der Waals surface area contributed by atoms with E-state index in [1.807, 2.05) is 12.1 Å². The Morgan fingerprint density at radius 3 is 2.07 bits per heavy atom. The maximum atomic E-state index is 13.0. The first-order chi connectivity index (χ1) is 13.9. The van der Waals surface area contributed by atoms with Crippen molar-refractivity contribution in [1.82, 2.24) is 4.90 Å². The summed E-state index contributed by atoms with van der Waals surface area (Å²) in [6, 6.07) is 13.2. The molecule has 150 valence electrons. The summed E-state index contributed by atoms with van der Waals surface area (Å²) in [5.41, 5.74) is 2.09. The molecule has 0 aromatic heterocycles. The van der Waals surface area contributed by atoms with Crippen LogP contribution in [-0.4, -0.2) is 59.8 Å². The molecule has 29 heavy (non-hydrogen) atoms. The molecule has 2 amide bonds. The van der Waals surface area contributed by atoms with Crippen molar-refractivity contribution in [3.8, 4) is 5.75 Å². The fourth-order valence-corrected chi connectivity index (χ4v) is 3.97. The molecule has 2 saturated heterocycles. The number of carbonyl (C=O) groups is 3. The zero-order valence-electron chi connectivity index (χ0n) is 16.2. The zero-order chi connectivity index (χ0) is 20.5. The molecule has 0 radical (unpaired) electrons. The third-order valence-corrected chi connectivity index (χ3v) is 5.62. The third kappa shape index (κ3) is 3.73. The Bertz CT molecular complexity index is 932. The van der Waals surface area contributed by atoms with Gasteiger partial charge in [0.25, 0.3) is 5.91 Å². The predicted molar refractivity (Wildman–Crippen MR) is 109 cm³/mol. The van der Waals surface area contributed by atoms with Crippen LogP contribution in [-0.2, 0) is 9.59 Å². The Kier molecular flexibility index (Phi) is 5.07. The first-order valence-corrected chi connectivity index (χ1v) is 9.70. The van der Waals surface area contributed by atoms with Crippen LogP contribution in [0.5, 0.6) is 5.75 Å². The normalized spacial score (nSPS) is 20.4. The number of hydrogen-bond acceptors (Lipinski definition) is 6. The number of Topliss-reactive ketones (excluding diaryl/α,β-unsaturated/α-hetero) is 1. The number of carbonyl (C=O) groups excluding carboxylic acids is 3. The van der Waals surface area contributed by atoms with E-state index in [4.69, 9.17) is 0 Å². The fourth-order valence-electron chi connectivity index (χ4n) is 3.97. The van der Waals surface area contributed by atoms with Crippen molar-refractivity contribution < 1.29 is 19.5 Å². The molecule has 7 heteroatoms. The molecule has 0 spiro atoms. The minimum atomic E-state index is -0.447. The Morgan fingerprint density at radius 2 is 1.48 bits per heavy atom. The monoisotopic (exact) mass is 393 g/mol. The summed E-state index contributed by atoms with van der Waals surface area (Å²) in [4.78, 5) is 42.5.